The van der Waals surface area contributed by atoms with Crippen LogP contribution in [0.5, 0.6) is 0 Å². The van der Waals surface area contributed by atoms with E-state index >= 15 is 0 Å². The molecule has 3 aromatic rings. The third kappa shape index (κ3) is 5.48. The van der Waals surface area contributed by atoms with E-state index in [1.165, 1.54) is 41.7 Å². The van der Waals surface area contributed by atoms with Crippen molar-refractivity contribution >= 4 is 34.9 Å². The van der Waals surface area contributed by atoms with Gasteiger partial charge in [0.1, 0.15) is 11.6 Å². The van der Waals surface area contributed by atoms with Gasteiger partial charge in [-0.1, -0.05) is 11.6 Å². The highest BCUT2D eigenvalue weighted by atomic mass is 35.5. The molecular formula is C22H21ClFN7O2. The van der Waals surface area contributed by atoms with Gasteiger partial charge in [-0.3, -0.25) is 9.59 Å². The van der Waals surface area contributed by atoms with Crippen molar-refractivity contribution in [3.63, 3.8) is 0 Å². The average Bonchev–Trinajstić information content (AvgIpc) is 3.11. The summed E-state index contributed by atoms with van der Waals surface area (Å²) in [5, 5.41) is 17.1. The van der Waals surface area contributed by atoms with Gasteiger partial charge in [-0.25, -0.2) is 14.4 Å². The van der Waals surface area contributed by atoms with E-state index in [9.17, 15) is 14.0 Å². The van der Waals surface area contributed by atoms with Gasteiger partial charge in [0.2, 0.25) is 0 Å². The third-order valence-electron chi connectivity index (χ3n) is 4.98. The number of anilines is 2. The van der Waals surface area contributed by atoms with Crippen molar-refractivity contribution in [1.82, 2.24) is 25.5 Å². The minimum atomic E-state index is -0.626. The summed E-state index contributed by atoms with van der Waals surface area (Å²) in [7, 11) is 0. The molecule has 3 heterocycles. The number of hydrogen-bond donors (Lipinski definition) is 2. The van der Waals surface area contributed by atoms with Crippen molar-refractivity contribution in [1.29, 1.82) is 0 Å². The first-order valence-electron chi connectivity index (χ1n) is 10.3. The summed E-state index contributed by atoms with van der Waals surface area (Å²) in [6, 6.07) is 9.93. The zero-order valence-electron chi connectivity index (χ0n) is 17.5. The van der Waals surface area contributed by atoms with Crippen molar-refractivity contribution < 1.29 is 14.0 Å². The molecule has 1 fully saturated rings. The van der Waals surface area contributed by atoms with Crippen LogP contribution in [-0.2, 0) is 0 Å². The van der Waals surface area contributed by atoms with Gasteiger partial charge in [-0.2, -0.15) is 10.1 Å². The standard InChI is InChI=1S/C22H21ClFN7O2/c23-15-5-8-20(26-13-15)28-21(32)17-12-16(24)6-7-19(17)31(30-11-2-1-9-25-14-30)22(33)18-4-3-10-27-29-18/h3-8,10,12-13,25H,1-2,9,11,14H2,(H,26,28,32). The van der Waals surface area contributed by atoms with E-state index in [0.29, 0.717) is 18.2 Å². The van der Waals surface area contributed by atoms with Crippen LogP contribution in [0.3, 0.4) is 0 Å². The zero-order valence-corrected chi connectivity index (χ0v) is 18.3. The molecule has 0 radical (unpaired) electrons. The number of hydrazine groups is 1. The fourth-order valence-electron chi connectivity index (χ4n) is 3.42. The van der Waals surface area contributed by atoms with Crippen molar-refractivity contribution in [2.24, 2.45) is 0 Å². The van der Waals surface area contributed by atoms with Gasteiger partial charge in [0, 0.05) is 18.9 Å². The molecule has 0 bridgehead atoms. The van der Waals surface area contributed by atoms with E-state index in [1.807, 2.05) is 0 Å². The van der Waals surface area contributed by atoms with Gasteiger partial charge in [0.25, 0.3) is 11.8 Å². The molecule has 1 saturated heterocycles. The van der Waals surface area contributed by atoms with Crippen LogP contribution < -0.4 is 15.6 Å². The van der Waals surface area contributed by atoms with E-state index in [4.69, 9.17) is 11.6 Å². The lowest BCUT2D eigenvalue weighted by molar-refractivity contribution is 0.0884. The number of nitrogens with zero attached hydrogens (tertiary/aromatic N) is 5. The summed E-state index contributed by atoms with van der Waals surface area (Å²) in [5.41, 5.74) is 0.271. The van der Waals surface area contributed by atoms with Gasteiger partial charge < -0.3 is 10.6 Å². The van der Waals surface area contributed by atoms with Crippen LogP contribution in [-0.4, -0.2) is 51.8 Å². The quantitative estimate of drug-likeness (QED) is 0.591. The number of amides is 2. The summed E-state index contributed by atoms with van der Waals surface area (Å²) in [6.07, 6.45) is 4.61. The van der Waals surface area contributed by atoms with Crippen LogP contribution in [0.2, 0.25) is 5.02 Å². The Morgan fingerprint density at radius 1 is 1.18 bits per heavy atom. The molecule has 2 N–H and O–H groups in total. The van der Waals surface area contributed by atoms with Crippen LogP contribution in [0.4, 0.5) is 15.9 Å². The van der Waals surface area contributed by atoms with Crippen molar-refractivity contribution in [2.45, 2.75) is 12.8 Å². The predicted octanol–water partition coefficient (Wildman–Crippen LogP) is 3.12. The lowest BCUT2D eigenvalue weighted by Crippen LogP contribution is -2.51. The zero-order chi connectivity index (χ0) is 23.2. The predicted molar refractivity (Wildman–Crippen MR) is 121 cm³/mol. The van der Waals surface area contributed by atoms with Crippen LogP contribution in [0.15, 0.2) is 54.9 Å². The highest BCUT2D eigenvalue weighted by Crippen LogP contribution is 2.27. The first kappa shape index (κ1) is 22.7. The minimum absolute atomic E-state index is 0.0340. The van der Waals surface area contributed by atoms with Crippen molar-refractivity contribution in [3.05, 3.63) is 77.0 Å². The highest BCUT2D eigenvalue weighted by molar-refractivity contribution is 6.30. The second-order valence-electron chi connectivity index (χ2n) is 7.30. The van der Waals surface area contributed by atoms with Crippen LogP contribution >= 0.6 is 11.6 Å². The first-order valence-corrected chi connectivity index (χ1v) is 10.7. The number of halogens is 2. The second-order valence-corrected chi connectivity index (χ2v) is 7.73. The molecular weight excluding hydrogens is 449 g/mol. The summed E-state index contributed by atoms with van der Waals surface area (Å²) in [5.74, 6) is -1.49. The molecule has 0 unspecified atom stereocenters. The molecule has 2 amide bonds. The van der Waals surface area contributed by atoms with E-state index < -0.39 is 17.6 Å². The number of aromatic nitrogens is 3. The second kappa shape index (κ2) is 10.4. The Morgan fingerprint density at radius 3 is 2.82 bits per heavy atom. The highest BCUT2D eigenvalue weighted by Gasteiger charge is 2.30. The maximum atomic E-state index is 14.2. The summed E-state index contributed by atoms with van der Waals surface area (Å²) < 4.78 is 14.2. The fraction of sp³-hybridized carbons (Fsp3) is 0.227. The SMILES string of the molecule is O=C(Nc1ccc(Cl)cn1)c1cc(F)ccc1N(C(=O)c1cccnn1)N1CCCCNC1. The molecule has 1 aromatic carbocycles. The van der Waals surface area contributed by atoms with Gasteiger partial charge in [0.15, 0.2) is 5.69 Å². The number of nitrogens with one attached hydrogen (secondary N) is 2. The van der Waals surface area contributed by atoms with Gasteiger partial charge in [-0.05, 0) is 61.9 Å². The Bertz CT molecular complexity index is 1120. The normalized spacial score (nSPS) is 14.4. The number of rotatable bonds is 5. The number of pyridine rings is 1. The maximum absolute atomic E-state index is 14.2. The number of benzene rings is 1. The summed E-state index contributed by atoms with van der Waals surface area (Å²) in [6.45, 7) is 1.71. The molecule has 1 aliphatic rings. The lowest BCUT2D eigenvalue weighted by atomic mass is 10.1. The van der Waals surface area contributed by atoms with E-state index in [1.54, 1.807) is 17.1 Å². The third-order valence-corrected chi connectivity index (χ3v) is 5.20. The molecule has 11 heteroatoms. The molecule has 2 aromatic heterocycles. The molecule has 0 aliphatic carbocycles. The number of carbonyl (C=O) groups is 2. The van der Waals surface area contributed by atoms with Gasteiger partial charge in [-0.15, -0.1) is 5.10 Å². The molecule has 4 rings (SSSR count). The average molecular weight is 470 g/mol. The summed E-state index contributed by atoms with van der Waals surface area (Å²) >= 11 is 5.85. The Morgan fingerprint density at radius 2 is 2.06 bits per heavy atom. The van der Waals surface area contributed by atoms with E-state index in [2.05, 4.69) is 25.8 Å². The molecule has 33 heavy (non-hydrogen) atoms. The Labute approximate surface area is 194 Å². The first-order chi connectivity index (χ1) is 16.0. The minimum Gasteiger partial charge on any atom is -0.306 e. The smallest absolute Gasteiger partial charge is 0.293 e. The molecule has 0 saturated carbocycles. The number of hydrogen-bond acceptors (Lipinski definition) is 7. The molecule has 0 spiro atoms. The van der Waals surface area contributed by atoms with Crippen molar-refractivity contribution in [3.8, 4) is 0 Å². The monoisotopic (exact) mass is 469 g/mol. The topological polar surface area (TPSA) is 103 Å². The van der Waals surface area contributed by atoms with Gasteiger partial charge >= 0.3 is 0 Å². The van der Waals surface area contributed by atoms with Crippen molar-refractivity contribution in [2.75, 3.05) is 30.1 Å². The van der Waals surface area contributed by atoms with Crippen LogP contribution in [0, 0.1) is 5.82 Å². The fourth-order valence-corrected chi connectivity index (χ4v) is 3.54. The molecule has 9 nitrogen and oxygen atoms in total. The number of carbonyl (C=O) groups excluding carboxylic acids is 2. The maximum Gasteiger partial charge on any atom is 0.293 e. The molecule has 1 aliphatic heterocycles. The lowest BCUT2D eigenvalue weighted by Gasteiger charge is -2.34. The molecule has 170 valence electrons. The van der Waals surface area contributed by atoms with E-state index in [-0.39, 0.29) is 22.8 Å². The van der Waals surface area contributed by atoms with Gasteiger partial charge in [0.05, 0.1) is 22.9 Å². The molecule has 0 atom stereocenters. The summed E-state index contributed by atoms with van der Waals surface area (Å²) in [4.78, 5) is 30.7. The van der Waals surface area contributed by atoms with Crippen LogP contribution in [0.1, 0.15) is 33.7 Å². The largest absolute Gasteiger partial charge is 0.306 e. The Hall–Kier alpha value is -3.47. The Balaban J connectivity index is 1.75. The van der Waals surface area contributed by atoms with E-state index in [0.717, 1.165) is 25.5 Å². The Kier molecular flexibility index (Phi) is 7.18. The van der Waals surface area contributed by atoms with Crippen LogP contribution in [0.25, 0.3) is 0 Å².